The molecule has 92 valence electrons. The minimum absolute atomic E-state index is 0.0408. The van der Waals surface area contributed by atoms with E-state index in [0.717, 1.165) is 5.69 Å². The Labute approximate surface area is 103 Å². The molecule has 2 heterocycles. The first kappa shape index (κ1) is 12.0. The zero-order valence-electron chi connectivity index (χ0n) is 9.70. The second-order valence-electron chi connectivity index (χ2n) is 3.56. The topological polar surface area (TPSA) is 85.2 Å². The smallest absolute Gasteiger partial charge is 0.339 e. The van der Waals surface area contributed by atoms with Crippen LogP contribution in [0.15, 0.2) is 30.9 Å². The molecule has 0 aliphatic carbocycles. The maximum Gasteiger partial charge on any atom is 0.339 e. The zero-order chi connectivity index (χ0) is 13.0. The van der Waals surface area contributed by atoms with Crippen LogP contribution in [0.4, 0.5) is 0 Å². The third kappa shape index (κ3) is 2.60. The lowest BCUT2D eigenvalue weighted by atomic mass is 10.2. The molecule has 1 N–H and O–H groups in total. The van der Waals surface area contributed by atoms with Crippen molar-refractivity contribution in [2.75, 3.05) is 0 Å². The SMILES string of the molecule is Cc1ncccc1OCc1ncncc1C(=O)O. The van der Waals surface area contributed by atoms with Crippen LogP contribution in [-0.2, 0) is 6.61 Å². The summed E-state index contributed by atoms with van der Waals surface area (Å²) < 4.78 is 5.50. The summed E-state index contributed by atoms with van der Waals surface area (Å²) in [6.45, 7) is 1.88. The largest absolute Gasteiger partial charge is 0.485 e. The van der Waals surface area contributed by atoms with Crippen molar-refractivity contribution in [1.82, 2.24) is 15.0 Å². The summed E-state index contributed by atoms with van der Waals surface area (Å²) in [4.78, 5) is 22.6. The fourth-order valence-electron chi connectivity index (χ4n) is 1.42. The molecule has 2 rings (SSSR count). The third-order valence-electron chi connectivity index (χ3n) is 2.35. The molecule has 2 aromatic rings. The van der Waals surface area contributed by atoms with Crippen LogP contribution in [0, 0.1) is 6.92 Å². The second-order valence-corrected chi connectivity index (χ2v) is 3.56. The maximum absolute atomic E-state index is 11.0. The van der Waals surface area contributed by atoms with E-state index in [-0.39, 0.29) is 12.2 Å². The van der Waals surface area contributed by atoms with Gasteiger partial charge in [-0.2, -0.15) is 0 Å². The monoisotopic (exact) mass is 245 g/mol. The van der Waals surface area contributed by atoms with Gasteiger partial charge in [-0.25, -0.2) is 14.8 Å². The van der Waals surface area contributed by atoms with Gasteiger partial charge in [0.05, 0.1) is 11.4 Å². The van der Waals surface area contributed by atoms with E-state index >= 15 is 0 Å². The molecule has 6 nitrogen and oxygen atoms in total. The standard InChI is InChI=1S/C12H11N3O3/c1-8-11(3-2-4-14-8)18-6-10-9(12(16)17)5-13-7-15-10/h2-5,7H,6H2,1H3,(H,16,17). The highest BCUT2D eigenvalue weighted by Gasteiger charge is 2.12. The first-order valence-corrected chi connectivity index (χ1v) is 5.25. The van der Waals surface area contributed by atoms with Gasteiger partial charge < -0.3 is 9.84 Å². The Morgan fingerprint density at radius 3 is 3.00 bits per heavy atom. The summed E-state index contributed by atoms with van der Waals surface area (Å²) >= 11 is 0. The minimum atomic E-state index is -1.07. The summed E-state index contributed by atoms with van der Waals surface area (Å²) in [7, 11) is 0. The molecule has 0 aliphatic heterocycles. The number of hydrogen-bond donors (Lipinski definition) is 1. The van der Waals surface area contributed by atoms with Gasteiger partial charge in [-0.1, -0.05) is 0 Å². The van der Waals surface area contributed by atoms with Crippen molar-refractivity contribution in [3.8, 4) is 5.75 Å². The van der Waals surface area contributed by atoms with Crippen molar-refractivity contribution in [2.24, 2.45) is 0 Å². The number of pyridine rings is 1. The van der Waals surface area contributed by atoms with E-state index in [1.165, 1.54) is 12.5 Å². The van der Waals surface area contributed by atoms with Crippen LogP contribution in [0.5, 0.6) is 5.75 Å². The Balaban J connectivity index is 2.16. The molecular formula is C12H11N3O3. The average molecular weight is 245 g/mol. The Bertz CT molecular complexity index is 572. The predicted octanol–water partition coefficient (Wildman–Crippen LogP) is 1.46. The minimum Gasteiger partial charge on any atom is -0.485 e. The van der Waals surface area contributed by atoms with Crippen molar-refractivity contribution < 1.29 is 14.6 Å². The lowest BCUT2D eigenvalue weighted by Gasteiger charge is -2.08. The first-order valence-electron chi connectivity index (χ1n) is 5.25. The molecular weight excluding hydrogens is 234 g/mol. The lowest BCUT2D eigenvalue weighted by Crippen LogP contribution is -2.09. The number of aryl methyl sites for hydroxylation is 1. The molecule has 0 radical (unpaired) electrons. The van der Waals surface area contributed by atoms with Crippen molar-refractivity contribution >= 4 is 5.97 Å². The number of carbonyl (C=O) groups is 1. The molecule has 0 saturated heterocycles. The average Bonchev–Trinajstić information content (AvgIpc) is 2.38. The van der Waals surface area contributed by atoms with Crippen molar-refractivity contribution in [3.63, 3.8) is 0 Å². The van der Waals surface area contributed by atoms with Crippen LogP contribution in [0.25, 0.3) is 0 Å². The summed E-state index contributed by atoms with van der Waals surface area (Å²) in [5, 5.41) is 8.97. The van der Waals surface area contributed by atoms with E-state index < -0.39 is 5.97 Å². The van der Waals surface area contributed by atoms with E-state index in [1.54, 1.807) is 18.3 Å². The van der Waals surface area contributed by atoms with Crippen LogP contribution in [0.2, 0.25) is 0 Å². The van der Waals surface area contributed by atoms with Gasteiger partial charge in [0, 0.05) is 12.4 Å². The van der Waals surface area contributed by atoms with E-state index in [2.05, 4.69) is 15.0 Å². The van der Waals surface area contributed by atoms with Gasteiger partial charge >= 0.3 is 5.97 Å². The number of rotatable bonds is 4. The van der Waals surface area contributed by atoms with Crippen LogP contribution in [-0.4, -0.2) is 26.0 Å². The Kier molecular flexibility index (Phi) is 3.47. The van der Waals surface area contributed by atoms with Gasteiger partial charge in [-0.05, 0) is 19.1 Å². The highest BCUT2D eigenvalue weighted by molar-refractivity contribution is 5.88. The molecule has 0 aliphatic rings. The molecule has 0 aromatic carbocycles. The number of aromatic carboxylic acids is 1. The number of carboxylic acids is 1. The highest BCUT2D eigenvalue weighted by Crippen LogP contribution is 2.16. The molecule has 18 heavy (non-hydrogen) atoms. The quantitative estimate of drug-likeness (QED) is 0.877. The maximum atomic E-state index is 11.0. The van der Waals surface area contributed by atoms with Crippen LogP contribution in [0.3, 0.4) is 0 Å². The van der Waals surface area contributed by atoms with E-state index in [0.29, 0.717) is 11.4 Å². The molecule has 0 amide bonds. The first-order chi connectivity index (χ1) is 8.68. The predicted molar refractivity (Wildman–Crippen MR) is 62.3 cm³/mol. The summed E-state index contributed by atoms with van der Waals surface area (Å²) in [5.74, 6) is -0.468. The van der Waals surface area contributed by atoms with Gasteiger partial charge in [0.15, 0.2) is 0 Å². The van der Waals surface area contributed by atoms with Gasteiger partial charge in [0.25, 0.3) is 0 Å². The van der Waals surface area contributed by atoms with Crippen LogP contribution in [0.1, 0.15) is 21.7 Å². The number of hydrogen-bond acceptors (Lipinski definition) is 5. The summed E-state index contributed by atoms with van der Waals surface area (Å²) in [6, 6.07) is 3.52. The van der Waals surface area contributed by atoms with Gasteiger partial charge in [-0.15, -0.1) is 0 Å². The van der Waals surface area contributed by atoms with E-state index in [4.69, 9.17) is 9.84 Å². The second kappa shape index (κ2) is 5.22. The zero-order valence-corrected chi connectivity index (χ0v) is 9.70. The fraction of sp³-hybridized carbons (Fsp3) is 0.167. The fourth-order valence-corrected chi connectivity index (χ4v) is 1.42. The number of ether oxygens (including phenoxy) is 1. The summed E-state index contributed by atoms with van der Waals surface area (Å²) in [5.41, 5.74) is 1.11. The molecule has 6 heteroatoms. The molecule has 0 unspecified atom stereocenters. The lowest BCUT2D eigenvalue weighted by molar-refractivity contribution is 0.0692. The molecule has 0 bridgehead atoms. The third-order valence-corrected chi connectivity index (χ3v) is 2.35. The Hall–Kier alpha value is -2.50. The molecule has 0 atom stereocenters. The van der Waals surface area contributed by atoms with Crippen LogP contribution < -0.4 is 4.74 Å². The molecule has 0 spiro atoms. The van der Waals surface area contributed by atoms with E-state index in [9.17, 15) is 4.79 Å². The Morgan fingerprint density at radius 2 is 2.28 bits per heavy atom. The molecule has 0 fully saturated rings. The number of carboxylic acid groups (broad SMARTS) is 1. The molecule has 0 saturated carbocycles. The van der Waals surface area contributed by atoms with Gasteiger partial charge in [-0.3, -0.25) is 4.98 Å². The van der Waals surface area contributed by atoms with Crippen molar-refractivity contribution in [1.29, 1.82) is 0 Å². The van der Waals surface area contributed by atoms with Gasteiger partial charge in [0.1, 0.15) is 24.2 Å². The Morgan fingerprint density at radius 1 is 1.44 bits per heavy atom. The highest BCUT2D eigenvalue weighted by atomic mass is 16.5. The molecule has 2 aromatic heterocycles. The van der Waals surface area contributed by atoms with Gasteiger partial charge in [0.2, 0.25) is 0 Å². The summed E-state index contributed by atoms with van der Waals surface area (Å²) in [6.07, 6.45) is 4.21. The van der Waals surface area contributed by atoms with Crippen LogP contribution >= 0.6 is 0 Å². The van der Waals surface area contributed by atoms with Crippen molar-refractivity contribution in [3.05, 3.63) is 47.8 Å². The number of aromatic nitrogens is 3. The van der Waals surface area contributed by atoms with Crippen molar-refractivity contribution in [2.45, 2.75) is 13.5 Å². The number of nitrogens with zero attached hydrogens (tertiary/aromatic N) is 3. The normalized spacial score (nSPS) is 10.1. The van der Waals surface area contributed by atoms with E-state index in [1.807, 2.05) is 6.92 Å².